The van der Waals surface area contributed by atoms with Crippen LogP contribution in [-0.4, -0.2) is 27.4 Å². The van der Waals surface area contributed by atoms with E-state index in [4.69, 9.17) is 0 Å². The summed E-state index contributed by atoms with van der Waals surface area (Å²) < 4.78 is 14.1. The van der Waals surface area contributed by atoms with Crippen molar-refractivity contribution >= 4 is 11.9 Å². The minimum atomic E-state index is -1.11. The van der Waals surface area contributed by atoms with Crippen LogP contribution in [0.2, 0.25) is 0 Å². The van der Waals surface area contributed by atoms with Crippen LogP contribution in [0.1, 0.15) is 56.6 Å². The molecule has 0 aliphatic carbocycles. The third-order valence-corrected chi connectivity index (χ3v) is 3.17. The summed E-state index contributed by atoms with van der Waals surface area (Å²) >= 11 is 0. The number of ketones is 1. The van der Waals surface area contributed by atoms with Crippen molar-refractivity contribution < 1.29 is 19.1 Å². The van der Waals surface area contributed by atoms with Crippen molar-refractivity contribution in [2.45, 2.75) is 46.2 Å². The Hall–Kier alpha value is -1.91. The second kappa shape index (κ2) is 5.61. The number of Topliss-reactive ketones (excluding diaryl/α,β-unsaturated/α-hetero) is 1. The molecular formula is C15H20FNO3. The van der Waals surface area contributed by atoms with Crippen LogP contribution in [0.3, 0.4) is 0 Å². The molecule has 0 radical (unpaired) electrons. The first-order valence-electron chi connectivity index (χ1n) is 6.38. The van der Waals surface area contributed by atoms with Gasteiger partial charge in [0.15, 0.2) is 5.78 Å². The lowest BCUT2D eigenvalue weighted by Gasteiger charge is -2.38. The summed E-state index contributed by atoms with van der Waals surface area (Å²) in [6.45, 7) is 8.24. The predicted molar refractivity (Wildman–Crippen MR) is 74.4 cm³/mol. The van der Waals surface area contributed by atoms with E-state index in [0.717, 1.165) is 6.07 Å². The van der Waals surface area contributed by atoms with E-state index in [0.29, 0.717) is 0 Å². The number of halogens is 1. The van der Waals surface area contributed by atoms with Crippen molar-refractivity contribution in [1.82, 2.24) is 4.90 Å². The number of carboxylic acid groups (broad SMARTS) is 1. The van der Waals surface area contributed by atoms with Gasteiger partial charge < -0.3 is 5.11 Å². The molecule has 4 nitrogen and oxygen atoms in total. The SMILES string of the molecule is CC(=O)c1ccc(C(C)N(C(=O)O)C(C)(C)C)c(F)c1. The zero-order valence-electron chi connectivity index (χ0n) is 12.4. The van der Waals surface area contributed by atoms with E-state index in [9.17, 15) is 19.1 Å². The quantitative estimate of drug-likeness (QED) is 0.856. The Balaban J connectivity index is 3.23. The van der Waals surface area contributed by atoms with E-state index in [1.54, 1.807) is 27.7 Å². The molecule has 1 amide bonds. The average molecular weight is 281 g/mol. The molecule has 110 valence electrons. The Morgan fingerprint density at radius 2 is 1.85 bits per heavy atom. The maximum absolute atomic E-state index is 14.1. The maximum Gasteiger partial charge on any atom is 0.408 e. The van der Waals surface area contributed by atoms with Gasteiger partial charge in [0.2, 0.25) is 0 Å². The highest BCUT2D eigenvalue weighted by molar-refractivity contribution is 5.94. The molecule has 1 atom stereocenters. The summed E-state index contributed by atoms with van der Waals surface area (Å²) in [6.07, 6.45) is -1.11. The van der Waals surface area contributed by atoms with E-state index < -0.39 is 23.5 Å². The van der Waals surface area contributed by atoms with Crippen LogP contribution in [0.15, 0.2) is 18.2 Å². The molecule has 20 heavy (non-hydrogen) atoms. The van der Waals surface area contributed by atoms with Crippen molar-refractivity contribution in [3.63, 3.8) is 0 Å². The zero-order valence-corrected chi connectivity index (χ0v) is 12.4. The zero-order chi connectivity index (χ0) is 15.7. The fourth-order valence-electron chi connectivity index (χ4n) is 2.26. The van der Waals surface area contributed by atoms with Crippen LogP contribution in [0.5, 0.6) is 0 Å². The number of rotatable bonds is 3. The van der Waals surface area contributed by atoms with Gasteiger partial charge in [-0.05, 0) is 40.7 Å². The minimum Gasteiger partial charge on any atom is -0.465 e. The fraction of sp³-hybridized carbons (Fsp3) is 0.467. The summed E-state index contributed by atoms with van der Waals surface area (Å²) in [7, 11) is 0. The van der Waals surface area contributed by atoms with Crippen molar-refractivity contribution in [3.8, 4) is 0 Å². The van der Waals surface area contributed by atoms with Crippen LogP contribution in [0.4, 0.5) is 9.18 Å². The maximum atomic E-state index is 14.1. The average Bonchev–Trinajstić information content (AvgIpc) is 2.25. The summed E-state index contributed by atoms with van der Waals surface area (Å²) in [5, 5.41) is 9.32. The van der Waals surface area contributed by atoms with E-state index in [1.807, 2.05) is 0 Å². The van der Waals surface area contributed by atoms with Crippen molar-refractivity contribution in [2.24, 2.45) is 0 Å². The Kier molecular flexibility index (Phi) is 4.53. The highest BCUT2D eigenvalue weighted by atomic mass is 19.1. The van der Waals surface area contributed by atoms with Gasteiger partial charge >= 0.3 is 6.09 Å². The van der Waals surface area contributed by atoms with Crippen molar-refractivity contribution in [1.29, 1.82) is 0 Å². The van der Waals surface area contributed by atoms with Gasteiger partial charge in [-0.3, -0.25) is 9.69 Å². The van der Waals surface area contributed by atoms with Gasteiger partial charge in [-0.25, -0.2) is 9.18 Å². The van der Waals surface area contributed by atoms with E-state index in [-0.39, 0.29) is 16.9 Å². The second-order valence-corrected chi connectivity index (χ2v) is 5.79. The second-order valence-electron chi connectivity index (χ2n) is 5.79. The van der Waals surface area contributed by atoms with Gasteiger partial charge in [0, 0.05) is 16.7 Å². The molecule has 1 unspecified atom stereocenters. The lowest BCUT2D eigenvalue weighted by molar-refractivity contribution is 0.0742. The summed E-state index contributed by atoms with van der Waals surface area (Å²) in [5.41, 5.74) is -0.125. The van der Waals surface area contributed by atoms with Gasteiger partial charge in [0.25, 0.3) is 0 Å². The molecule has 0 heterocycles. The number of carbonyl (C=O) groups excluding carboxylic acids is 1. The number of benzene rings is 1. The van der Waals surface area contributed by atoms with Crippen LogP contribution >= 0.6 is 0 Å². The highest BCUT2D eigenvalue weighted by Crippen LogP contribution is 2.30. The van der Waals surface area contributed by atoms with Gasteiger partial charge in [0.1, 0.15) is 5.82 Å². The van der Waals surface area contributed by atoms with Crippen molar-refractivity contribution in [2.75, 3.05) is 0 Å². The lowest BCUT2D eigenvalue weighted by atomic mass is 9.98. The lowest BCUT2D eigenvalue weighted by Crippen LogP contribution is -2.46. The fourth-order valence-corrected chi connectivity index (χ4v) is 2.26. The number of nitrogens with zero attached hydrogens (tertiary/aromatic N) is 1. The predicted octanol–water partition coefficient (Wildman–Crippen LogP) is 3.87. The largest absolute Gasteiger partial charge is 0.465 e. The molecular weight excluding hydrogens is 261 g/mol. The first-order valence-corrected chi connectivity index (χ1v) is 6.38. The smallest absolute Gasteiger partial charge is 0.408 e. The third-order valence-electron chi connectivity index (χ3n) is 3.17. The number of amides is 1. The van der Waals surface area contributed by atoms with Crippen LogP contribution in [0, 0.1) is 5.82 Å². The van der Waals surface area contributed by atoms with E-state index in [2.05, 4.69) is 0 Å². The van der Waals surface area contributed by atoms with Crippen LogP contribution in [-0.2, 0) is 0 Å². The molecule has 0 aromatic heterocycles. The molecule has 1 rings (SSSR count). The molecule has 1 aromatic carbocycles. The van der Waals surface area contributed by atoms with Gasteiger partial charge in [-0.1, -0.05) is 12.1 Å². The number of carbonyl (C=O) groups is 2. The molecule has 0 saturated carbocycles. The standard InChI is InChI=1S/C15H20FNO3/c1-9(17(14(19)20)15(3,4)5)12-7-6-11(10(2)18)8-13(12)16/h6-9H,1-5H3,(H,19,20). The molecule has 0 spiro atoms. The molecule has 0 bridgehead atoms. The van der Waals surface area contributed by atoms with Gasteiger partial charge in [0.05, 0.1) is 6.04 Å². The molecule has 0 saturated heterocycles. The number of hydrogen-bond donors (Lipinski definition) is 1. The normalized spacial score (nSPS) is 12.9. The van der Waals surface area contributed by atoms with Crippen LogP contribution in [0.25, 0.3) is 0 Å². The van der Waals surface area contributed by atoms with E-state index in [1.165, 1.54) is 24.0 Å². The topological polar surface area (TPSA) is 57.6 Å². The molecule has 0 aliphatic rings. The Morgan fingerprint density at radius 3 is 2.20 bits per heavy atom. The summed E-state index contributed by atoms with van der Waals surface area (Å²) in [4.78, 5) is 23.8. The van der Waals surface area contributed by atoms with Gasteiger partial charge in [-0.15, -0.1) is 0 Å². The first kappa shape index (κ1) is 16.1. The minimum absolute atomic E-state index is 0.228. The van der Waals surface area contributed by atoms with Crippen LogP contribution < -0.4 is 0 Å². The molecule has 1 aromatic rings. The summed E-state index contributed by atoms with van der Waals surface area (Å²) in [6, 6.07) is 3.49. The van der Waals surface area contributed by atoms with E-state index >= 15 is 0 Å². The third kappa shape index (κ3) is 3.35. The molecule has 1 N–H and O–H groups in total. The number of hydrogen-bond acceptors (Lipinski definition) is 2. The van der Waals surface area contributed by atoms with Crippen molar-refractivity contribution in [3.05, 3.63) is 35.1 Å². The molecule has 5 heteroatoms. The summed E-state index contributed by atoms with van der Waals surface area (Å²) in [5.74, 6) is -0.797. The van der Waals surface area contributed by atoms with Gasteiger partial charge in [-0.2, -0.15) is 0 Å². The molecule has 0 fully saturated rings. The Bertz CT molecular complexity index is 534. The monoisotopic (exact) mass is 281 g/mol. The Morgan fingerprint density at radius 1 is 1.30 bits per heavy atom. The Labute approximate surface area is 118 Å². The first-order chi connectivity index (χ1) is 9.05. The highest BCUT2D eigenvalue weighted by Gasteiger charge is 2.32. The molecule has 0 aliphatic heterocycles.